The molecule has 1 fully saturated rings. The Morgan fingerprint density at radius 3 is 2.56 bits per heavy atom. The third-order valence-electron chi connectivity index (χ3n) is 4.27. The molecule has 6 nitrogen and oxygen atoms in total. The molecule has 2 unspecified atom stereocenters. The quantitative estimate of drug-likeness (QED) is 0.744. The number of nitrogens with one attached hydrogen (secondary N) is 2. The lowest BCUT2D eigenvalue weighted by Gasteiger charge is -2.08. The maximum Gasteiger partial charge on any atom is 0.245 e. The third kappa shape index (κ3) is 3.40. The van der Waals surface area contributed by atoms with Gasteiger partial charge in [-0.3, -0.25) is 0 Å². The summed E-state index contributed by atoms with van der Waals surface area (Å²) in [5.74, 6) is 2.01. The van der Waals surface area contributed by atoms with E-state index in [1.165, 1.54) is 5.56 Å². The van der Waals surface area contributed by atoms with E-state index in [-0.39, 0.29) is 12.1 Å². The SMILES string of the molecule is CCOc1ccc(-c2noc(C3CC(c4ccccc4)NN3)n2)cc1. The maximum absolute atomic E-state index is 5.47. The molecule has 0 saturated carbocycles. The zero-order chi connectivity index (χ0) is 17.1. The number of ether oxygens (including phenoxy) is 1. The van der Waals surface area contributed by atoms with E-state index < -0.39 is 0 Å². The van der Waals surface area contributed by atoms with Gasteiger partial charge in [-0.2, -0.15) is 4.98 Å². The first-order chi connectivity index (χ1) is 12.3. The van der Waals surface area contributed by atoms with E-state index in [0.29, 0.717) is 18.3 Å². The normalized spacial score (nSPS) is 19.9. The minimum absolute atomic E-state index is 0.00541. The Hall–Kier alpha value is -2.70. The van der Waals surface area contributed by atoms with Crippen LogP contribution in [0.1, 0.15) is 36.9 Å². The summed E-state index contributed by atoms with van der Waals surface area (Å²) in [5, 5.41) is 4.11. The van der Waals surface area contributed by atoms with Gasteiger partial charge in [0.1, 0.15) is 11.8 Å². The van der Waals surface area contributed by atoms with Crippen LogP contribution in [0.15, 0.2) is 59.1 Å². The lowest BCUT2D eigenvalue weighted by molar-refractivity contribution is 0.339. The molecule has 4 rings (SSSR count). The second kappa shape index (κ2) is 7.04. The van der Waals surface area contributed by atoms with E-state index in [2.05, 4.69) is 33.1 Å². The highest BCUT2D eigenvalue weighted by molar-refractivity contribution is 5.55. The highest BCUT2D eigenvalue weighted by atomic mass is 16.5. The van der Waals surface area contributed by atoms with Crippen LogP contribution in [0.2, 0.25) is 0 Å². The Morgan fingerprint density at radius 2 is 1.80 bits per heavy atom. The lowest BCUT2D eigenvalue weighted by Crippen LogP contribution is -2.26. The van der Waals surface area contributed by atoms with E-state index in [9.17, 15) is 0 Å². The van der Waals surface area contributed by atoms with Gasteiger partial charge in [0.05, 0.1) is 6.61 Å². The molecule has 2 aromatic carbocycles. The van der Waals surface area contributed by atoms with Gasteiger partial charge >= 0.3 is 0 Å². The summed E-state index contributed by atoms with van der Waals surface area (Å²) in [7, 11) is 0. The van der Waals surface area contributed by atoms with Gasteiger partial charge in [-0.25, -0.2) is 10.9 Å². The summed E-state index contributed by atoms with van der Waals surface area (Å²) in [6, 6.07) is 18.3. The molecule has 0 radical (unpaired) electrons. The number of hydrogen-bond donors (Lipinski definition) is 2. The Bertz CT molecular complexity index is 817. The predicted octanol–water partition coefficient (Wildman–Crippen LogP) is 3.42. The van der Waals surface area contributed by atoms with Crippen LogP contribution in [0.3, 0.4) is 0 Å². The molecular weight excluding hydrogens is 316 g/mol. The molecule has 1 aromatic heterocycles. The first kappa shape index (κ1) is 15.8. The number of benzene rings is 2. The molecule has 128 valence electrons. The minimum Gasteiger partial charge on any atom is -0.494 e. The van der Waals surface area contributed by atoms with Gasteiger partial charge < -0.3 is 9.26 Å². The van der Waals surface area contributed by atoms with Gasteiger partial charge in [0.2, 0.25) is 11.7 Å². The molecule has 2 heterocycles. The molecule has 0 spiro atoms. The Kier molecular flexibility index (Phi) is 4.45. The Labute approximate surface area is 146 Å². The fraction of sp³-hybridized carbons (Fsp3) is 0.263. The number of nitrogens with zero attached hydrogens (tertiary/aromatic N) is 2. The molecule has 0 amide bonds. The third-order valence-corrected chi connectivity index (χ3v) is 4.27. The van der Waals surface area contributed by atoms with Gasteiger partial charge in [-0.15, -0.1) is 0 Å². The topological polar surface area (TPSA) is 72.2 Å². The standard InChI is InChI=1S/C19H20N4O2/c1-2-24-15-10-8-14(9-11-15)18-20-19(25-23-18)17-12-16(21-22-17)13-6-4-3-5-7-13/h3-11,16-17,21-22H,2,12H2,1H3. The van der Waals surface area contributed by atoms with Gasteiger partial charge in [-0.05, 0) is 43.2 Å². The van der Waals surface area contributed by atoms with E-state index in [0.717, 1.165) is 17.7 Å². The zero-order valence-electron chi connectivity index (χ0n) is 14.0. The van der Waals surface area contributed by atoms with Crippen molar-refractivity contribution >= 4 is 0 Å². The van der Waals surface area contributed by atoms with Crippen molar-refractivity contribution in [2.75, 3.05) is 6.61 Å². The average molecular weight is 336 g/mol. The molecule has 1 aliphatic heterocycles. The van der Waals surface area contributed by atoms with Crippen molar-refractivity contribution in [3.63, 3.8) is 0 Å². The van der Waals surface area contributed by atoms with Gasteiger partial charge in [-0.1, -0.05) is 35.5 Å². The molecule has 25 heavy (non-hydrogen) atoms. The van der Waals surface area contributed by atoms with Gasteiger partial charge in [0, 0.05) is 11.6 Å². The van der Waals surface area contributed by atoms with Crippen LogP contribution in [0.4, 0.5) is 0 Å². The molecule has 2 N–H and O–H groups in total. The van der Waals surface area contributed by atoms with Crippen molar-refractivity contribution in [3.8, 4) is 17.1 Å². The van der Waals surface area contributed by atoms with Gasteiger partial charge in [0.25, 0.3) is 0 Å². The van der Waals surface area contributed by atoms with Crippen LogP contribution in [0.5, 0.6) is 5.75 Å². The van der Waals surface area contributed by atoms with Crippen molar-refractivity contribution < 1.29 is 9.26 Å². The summed E-state index contributed by atoms with van der Waals surface area (Å²) in [6.45, 7) is 2.61. The van der Waals surface area contributed by atoms with Crippen LogP contribution >= 0.6 is 0 Å². The summed E-state index contributed by atoms with van der Waals surface area (Å²) < 4.78 is 10.9. The van der Waals surface area contributed by atoms with Crippen LogP contribution in [-0.4, -0.2) is 16.7 Å². The summed E-state index contributed by atoms with van der Waals surface area (Å²) in [6.07, 6.45) is 0.856. The maximum atomic E-state index is 5.47. The van der Waals surface area contributed by atoms with Crippen LogP contribution in [0.25, 0.3) is 11.4 Å². The van der Waals surface area contributed by atoms with Crippen molar-refractivity contribution in [1.29, 1.82) is 0 Å². The predicted molar refractivity (Wildman–Crippen MR) is 93.7 cm³/mol. The van der Waals surface area contributed by atoms with E-state index in [1.807, 2.05) is 49.4 Å². The van der Waals surface area contributed by atoms with Crippen LogP contribution in [-0.2, 0) is 0 Å². The largest absolute Gasteiger partial charge is 0.494 e. The van der Waals surface area contributed by atoms with Gasteiger partial charge in [0.15, 0.2) is 0 Å². The van der Waals surface area contributed by atoms with E-state index >= 15 is 0 Å². The fourth-order valence-corrected chi connectivity index (χ4v) is 2.98. The minimum atomic E-state index is -0.00541. The molecule has 0 aliphatic carbocycles. The molecule has 3 aromatic rings. The average Bonchev–Trinajstić information content (AvgIpc) is 3.33. The molecule has 1 aliphatic rings. The highest BCUT2D eigenvalue weighted by Gasteiger charge is 2.30. The molecule has 0 bridgehead atoms. The molecule has 6 heteroatoms. The van der Waals surface area contributed by atoms with Crippen molar-refractivity contribution in [1.82, 2.24) is 21.0 Å². The summed E-state index contributed by atoms with van der Waals surface area (Å²) >= 11 is 0. The first-order valence-corrected chi connectivity index (χ1v) is 8.46. The number of rotatable bonds is 5. The molecule has 1 saturated heterocycles. The lowest BCUT2D eigenvalue weighted by atomic mass is 10.0. The number of aromatic nitrogens is 2. The zero-order valence-corrected chi connectivity index (χ0v) is 14.0. The van der Waals surface area contributed by atoms with Crippen molar-refractivity contribution in [2.24, 2.45) is 0 Å². The second-order valence-electron chi connectivity index (χ2n) is 5.95. The van der Waals surface area contributed by atoms with Crippen molar-refractivity contribution in [2.45, 2.75) is 25.4 Å². The first-order valence-electron chi connectivity index (χ1n) is 8.46. The highest BCUT2D eigenvalue weighted by Crippen LogP contribution is 2.31. The van der Waals surface area contributed by atoms with Crippen molar-refractivity contribution in [3.05, 3.63) is 66.1 Å². The number of hydrogen-bond acceptors (Lipinski definition) is 6. The molecular formula is C19H20N4O2. The molecule has 2 atom stereocenters. The number of hydrazine groups is 1. The summed E-state index contributed by atoms with van der Waals surface area (Å²) in [4.78, 5) is 4.55. The Balaban J connectivity index is 1.46. The monoisotopic (exact) mass is 336 g/mol. The smallest absolute Gasteiger partial charge is 0.245 e. The fourth-order valence-electron chi connectivity index (χ4n) is 2.98. The second-order valence-corrected chi connectivity index (χ2v) is 5.95. The summed E-state index contributed by atoms with van der Waals surface area (Å²) in [5.41, 5.74) is 8.69. The van der Waals surface area contributed by atoms with Crippen LogP contribution < -0.4 is 15.6 Å². The Morgan fingerprint density at radius 1 is 1.04 bits per heavy atom. The van der Waals surface area contributed by atoms with E-state index in [1.54, 1.807) is 0 Å². The van der Waals surface area contributed by atoms with Crippen LogP contribution in [0, 0.1) is 0 Å². The van der Waals surface area contributed by atoms with E-state index in [4.69, 9.17) is 9.26 Å².